The Balaban J connectivity index is 1.68. The summed E-state index contributed by atoms with van der Waals surface area (Å²) in [6, 6.07) is 12.1. The number of ether oxygens (including phenoxy) is 1. The van der Waals surface area contributed by atoms with Crippen molar-refractivity contribution >= 4 is 17.5 Å². The van der Waals surface area contributed by atoms with Crippen molar-refractivity contribution in [2.75, 3.05) is 0 Å². The molecule has 0 aromatic heterocycles. The number of nitrogens with one attached hydrogen (secondary N) is 1. The Morgan fingerprint density at radius 3 is 2.64 bits per heavy atom. The average molecular weight is 358 g/mol. The highest BCUT2D eigenvalue weighted by Crippen LogP contribution is 2.30. The molecule has 0 saturated heterocycles. The van der Waals surface area contributed by atoms with E-state index in [9.17, 15) is 4.79 Å². The molecule has 3 rings (SSSR count). The van der Waals surface area contributed by atoms with Crippen LogP contribution < -0.4 is 10.1 Å². The lowest BCUT2D eigenvalue weighted by atomic mass is 9.87. The predicted molar refractivity (Wildman–Crippen MR) is 101 cm³/mol. The average Bonchev–Trinajstić information content (AvgIpc) is 2.60. The molecular formula is C21H24ClNO2. The number of amides is 1. The lowest BCUT2D eigenvalue weighted by molar-refractivity contribution is -0.128. The van der Waals surface area contributed by atoms with Crippen LogP contribution in [-0.4, -0.2) is 12.0 Å². The first-order valence-corrected chi connectivity index (χ1v) is 9.15. The van der Waals surface area contributed by atoms with Crippen molar-refractivity contribution in [3.8, 4) is 5.75 Å². The van der Waals surface area contributed by atoms with Crippen LogP contribution in [0.25, 0.3) is 0 Å². The van der Waals surface area contributed by atoms with Crippen LogP contribution in [-0.2, 0) is 11.2 Å². The maximum atomic E-state index is 12.6. The van der Waals surface area contributed by atoms with Gasteiger partial charge in [0.25, 0.3) is 5.91 Å². The Morgan fingerprint density at radius 1 is 1.24 bits per heavy atom. The fourth-order valence-electron chi connectivity index (χ4n) is 3.42. The summed E-state index contributed by atoms with van der Waals surface area (Å²) in [5.74, 6) is 0.582. The number of carbonyl (C=O) groups excluding carboxylic acids is 1. The van der Waals surface area contributed by atoms with Gasteiger partial charge in [-0.25, -0.2) is 0 Å². The van der Waals surface area contributed by atoms with Gasteiger partial charge in [0.15, 0.2) is 6.10 Å². The van der Waals surface area contributed by atoms with E-state index in [1.165, 1.54) is 11.1 Å². The molecule has 132 valence electrons. The summed E-state index contributed by atoms with van der Waals surface area (Å²) in [6.45, 7) is 5.65. The standard InChI is InChI=1S/C21H24ClNO2/c1-13-11-17(12-14(2)20(13)22)25-15(3)21(24)23-19-10-6-8-16-7-4-5-9-18(16)19/h4-5,7,9,11-12,15,19H,6,8,10H2,1-3H3,(H,23,24)/t15-,19-/m1/s1. The lowest BCUT2D eigenvalue weighted by Crippen LogP contribution is -2.39. The molecule has 0 radical (unpaired) electrons. The molecule has 4 heteroatoms. The second kappa shape index (κ2) is 7.49. The van der Waals surface area contributed by atoms with Gasteiger partial charge in [0.05, 0.1) is 6.04 Å². The first-order chi connectivity index (χ1) is 12.0. The summed E-state index contributed by atoms with van der Waals surface area (Å²) in [7, 11) is 0. The van der Waals surface area contributed by atoms with Crippen molar-refractivity contribution in [3.05, 3.63) is 63.7 Å². The molecular weight excluding hydrogens is 334 g/mol. The topological polar surface area (TPSA) is 38.3 Å². The van der Waals surface area contributed by atoms with E-state index in [0.717, 1.165) is 35.4 Å². The number of benzene rings is 2. The van der Waals surface area contributed by atoms with Gasteiger partial charge in [-0.3, -0.25) is 4.79 Å². The van der Waals surface area contributed by atoms with Gasteiger partial charge in [-0.2, -0.15) is 0 Å². The zero-order chi connectivity index (χ0) is 18.0. The van der Waals surface area contributed by atoms with Crippen molar-refractivity contribution in [2.24, 2.45) is 0 Å². The Bertz CT molecular complexity index is 764. The molecule has 2 aromatic carbocycles. The minimum absolute atomic E-state index is 0.0668. The second-order valence-corrected chi connectivity index (χ2v) is 7.16. The Morgan fingerprint density at radius 2 is 1.92 bits per heavy atom. The van der Waals surface area contributed by atoms with Gasteiger partial charge in [-0.15, -0.1) is 0 Å². The van der Waals surface area contributed by atoms with Crippen molar-refractivity contribution in [2.45, 2.75) is 52.2 Å². The Hall–Kier alpha value is -2.00. The molecule has 3 nitrogen and oxygen atoms in total. The molecule has 0 spiro atoms. The molecule has 1 aliphatic rings. The van der Waals surface area contributed by atoms with Gasteiger partial charge in [0, 0.05) is 5.02 Å². The number of hydrogen-bond donors (Lipinski definition) is 1. The smallest absolute Gasteiger partial charge is 0.261 e. The molecule has 0 aliphatic heterocycles. The number of carbonyl (C=O) groups is 1. The minimum Gasteiger partial charge on any atom is -0.481 e. The molecule has 0 unspecified atom stereocenters. The number of rotatable bonds is 4. The molecule has 0 bridgehead atoms. The number of halogens is 1. The summed E-state index contributed by atoms with van der Waals surface area (Å²) in [5.41, 5.74) is 4.46. The molecule has 0 heterocycles. The third-order valence-corrected chi connectivity index (χ3v) is 5.37. The Labute approximate surface area is 154 Å². The predicted octanol–water partition coefficient (Wildman–Crippen LogP) is 4.92. The van der Waals surface area contributed by atoms with E-state index in [4.69, 9.17) is 16.3 Å². The van der Waals surface area contributed by atoms with E-state index in [1.54, 1.807) is 6.92 Å². The molecule has 2 aromatic rings. The van der Waals surface area contributed by atoms with Crippen molar-refractivity contribution < 1.29 is 9.53 Å². The molecule has 25 heavy (non-hydrogen) atoms. The third-order valence-electron chi connectivity index (χ3n) is 4.78. The molecule has 2 atom stereocenters. The van der Waals surface area contributed by atoms with Crippen LogP contribution in [0.4, 0.5) is 0 Å². The number of hydrogen-bond acceptors (Lipinski definition) is 2. The van der Waals surface area contributed by atoms with Gasteiger partial charge < -0.3 is 10.1 Å². The van der Waals surface area contributed by atoms with E-state index in [0.29, 0.717) is 5.75 Å². The quantitative estimate of drug-likeness (QED) is 0.843. The fraction of sp³-hybridized carbons (Fsp3) is 0.381. The largest absolute Gasteiger partial charge is 0.481 e. The van der Waals surface area contributed by atoms with E-state index >= 15 is 0 Å². The maximum Gasteiger partial charge on any atom is 0.261 e. The van der Waals surface area contributed by atoms with Crippen LogP contribution in [0.15, 0.2) is 36.4 Å². The van der Waals surface area contributed by atoms with Crippen molar-refractivity contribution in [1.29, 1.82) is 0 Å². The van der Waals surface area contributed by atoms with Gasteiger partial charge in [-0.05, 0) is 74.4 Å². The van der Waals surface area contributed by atoms with Gasteiger partial charge >= 0.3 is 0 Å². The van der Waals surface area contributed by atoms with Gasteiger partial charge in [-0.1, -0.05) is 35.9 Å². The van der Waals surface area contributed by atoms with E-state index in [1.807, 2.05) is 32.0 Å². The minimum atomic E-state index is -0.561. The molecule has 0 saturated carbocycles. The van der Waals surface area contributed by atoms with Crippen LogP contribution in [0.5, 0.6) is 5.75 Å². The van der Waals surface area contributed by atoms with Gasteiger partial charge in [0.2, 0.25) is 0 Å². The summed E-state index contributed by atoms with van der Waals surface area (Å²) in [4.78, 5) is 12.6. The van der Waals surface area contributed by atoms with Crippen LogP contribution in [0.1, 0.15) is 48.1 Å². The zero-order valence-corrected chi connectivity index (χ0v) is 15.7. The van der Waals surface area contributed by atoms with E-state index in [-0.39, 0.29) is 11.9 Å². The molecule has 1 N–H and O–H groups in total. The third kappa shape index (κ3) is 3.98. The Kier molecular flexibility index (Phi) is 5.33. The normalized spacial score (nSPS) is 17.5. The van der Waals surface area contributed by atoms with Crippen LogP contribution in [0.3, 0.4) is 0 Å². The maximum absolute atomic E-state index is 12.6. The zero-order valence-electron chi connectivity index (χ0n) is 14.9. The summed E-state index contributed by atoms with van der Waals surface area (Å²) in [6.07, 6.45) is 2.58. The van der Waals surface area contributed by atoms with Crippen LogP contribution in [0, 0.1) is 13.8 Å². The summed E-state index contributed by atoms with van der Waals surface area (Å²) < 4.78 is 5.85. The van der Waals surface area contributed by atoms with E-state index in [2.05, 4.69) is 23.5 Å². The number of aryl methyl sites for hydroxylation is 3. The van der Waals surface area contributed by atoms with Crippen molar-refractivity contribution in [3.63, 3.8) is 0 Å². The summed E-state index contributed by atoms with van der Waals surface area (Å²) in [5, 5.41) is 3.88. The molecule has 1 aliphatic carbocycles. The first-order valence-electron chi connectivity index (χ1n) is 8.77. The van der Waals surface area contributed by atoms with E-state index < -0.39 is 6.10 Å². The fourth-order valence-corrected chi connectivity index (χ4v) is 3.53. The molecule has 0 fully saturated rings. The van der Waals surface area contributed by atoms with Crippen LogP contribution in [0.2, 0.25) is 5.02 Å². The molecule has 1 amide bonds. The first kappa shape index (κ1) is 17.8. The second-order valence-electron chi connectivity index (χ2n) is 6.78. The highest BCUT2D eigenvalue weighted by Gasteiger charge is 2.24. The summed E-state index contributed by atoms with van der Waals surface area (Å²) >= 11 is 6.19. The highest BCUT2D eigenvalue weighted by molar-refractivity contribution is 6.32. The SMILES string of the molecule is Cc1cc(O[C@H](C)C(=O)N[C@@H]2CCCc3ccccc32)cc(C)c1Cl. The number of fused-ring (bicyclic) bond motifs is 1. The lowest BCUT2D eigenvalue weighted by Gasteiger charge is -2.27. The van der Waals surface area contributed by atoms with Gasteiger partial charge in [0.1, 0.15) is 5.75 Å². The van der Waals surface area contributed by atoms with Crippen LogP contribution >= 0.6 is 11.6 Å². The van der Waals surface area contributed by atoms with Crippen molar-refractivity contribution in [1.82, 2.24) is 5.32 Å². The highest BCUT2D eigenvalue weighted by atomic mass is 35.5. The monoisotopic (exact) mass is 357 g/mol.